The second kappa shape index (κ2) is 3.79. The number of pyridine rings is 1. The Balaban J connectivity index is 2.02. The summed E-state index contributed by atoms with van der Waals surface area (Å²) in [5.74, 6) is 0. The average molecular weight is 269 g/mol. The molecule has 0 spiro atoms. The van der Waals surface area contributed by atoms with Crippen LogP contribution in [0.2, 0.25) is 0 Å². The van der Waals surface area contributed by atoms with Gasteiger partial charge in [0.25, 0.3) is 0 Å². The van der Waals surface area contributed by atoms with E-state index in [1.807, 2.05) is 30.6 Å². The highest BCUT2D eigenvalue weighted by molar-refractivity contribution is 6.11. The fraction of sp³-hybridized carbons (Fsp3) is 0. The summed E-state index contributed by atoms with van der Waals surface area (Å²) in [5.41, 5.74) is 3.08. The zero-order chi connectivity index (χ0) is 13.8. The molecule has 1 aliphatic rings. The molecule has 2 heterocycles. The third kappa shape index (κ3) is 1.43. The normalized spacial score (nSPS) is 12.6. The molecule has 0 aliphatic carbocycles. The van der Waals surface area contributed by atoms with Gasteiger partial charge in [-0.15, -0.1) is 0 Å². The topological polar surface area (TPSA) is 37.3 Å². The fourth-order valence-corrected chi connectivity index (χ4v) is 3.10. The minimum absolute atomic E-state index is 0.985. The minimum atomic E-state index is 0.985. The van der Waals surface area contributed by atoms with E-state index in [9.17, 15) is 0 Å². The van der Waals surface area contributed by atoms with Crippen molar-refractivity contribution in [3.63, 3.8) is 0 Å². The van der Waals surface area contributed by atoms with E-state index in [2.05, 4.69) is 40.6 Å². The van der Waals surface area contributed by atoms with Crippen LogP contribution in [0.15, 0.2) is 65.9 Å². The van der Waals surface area contributed by atoms with Crippen LogP contribution < -0.4 is 10.7 Å². The number of rotatable bonds is 0. The number of anilines is 2. The van der Waals surface area contributed by atoms with Crippen molar-refractivity contribution >= 4 is 38.6 Å². The Bertz CT molecular complexity index is 1060. The summed E-state index contributed by atoms with van der Waals surface area (Å²) in [6.45, 7) is 0. The molecule has 0 fully saturated rings. The van der Waals surface area contributed by atoms with Crippen LogP contribution >= 0.6 is 0 Å². The van der Waals surface area contributed by atoms with Gasteiger partial charge in [0.15, 0.2) is 0 Å². The first kappa shape index (κ1) is 10.8. The number of fused-ring (bicyclic) bond motifs is 3. The first-order chi connectivity index (χ1) is 10.4. The molecule has 5 rings (SSSR count). The van der Waals surface area contributed by atoms with Crippen molar-refractivity contribution in [1.29, 1.82) is 0 Å². The summed E-state index contributed by atoms with van der Waals surface area (Å²) in [6.07, 6.45) is 3.82. The van der Waals surface area contributed by atoms with Crippen LogP contribution in [-0.2, 0) is 0 Å². The van der Waals surface area contributed by atoms with Gasteiger partial charge in [-0.1, -0.05) is 30.3 Å². The number of aromatic nitrogens is 1. The highest BCUT2D eigenvalue weighted by atomic mass is 15.0. The number of nitrogens with one attached hydrogen (secondary N) is 1. The second-order valence-electron chi connectivity index (χ2n) is 5.29. The van der Waals surface area contributed by atoms with Crippen LogP contribution in [0.25, 0.3) is 21.5 Å². The minimum Gasteiger partial charge on any atom is -0.352 e. The van der Waals surface area contributed by atoms with Gasteiger partial charge in [0, 0.05) is 33.9 Å². The molecular formula is C18H11N3. The third-order valence-electron chi connectivity index (χ3n) is 4.03. The number of nitrogens with zero attached hydrogens (tertiary/aromatic N) is 2. The molecule has 3 nitrogen and oxygen atoms in total. The largest absolute Gasteiger partial charge is 0.352 e. The molecule has 1 aromatic heterocycles. The molecule has 3 aromatic carbocycles. The quantitative estimate of drug-likeness (QED) is 0.459. The Morgan fingerprint density at radius 2 is 1.71 bits per heavy atom. The molecule has 1 N–H and O–H groups in total. The lowest BCUT2D eigenvalue weighted by atomic mass is 10.0. The van der Waals surface area contributed by atoms with E-state index in [0.29, 0.717) is 0 Å². The molecule has 1 aliphatic heterocycles. The summed E-state index contributed by atoms with van der Waals surface area (Å²) in [4.78, 5) is 9.19. The summed E-state index contributed by atoms with van der Waals surface area (Å²) >= 11 is 0. The van der Waals surface area contributed by atoms with Crippen molar-refractivity contribution in [3.05, 3.63) is 66.3 Å². The molecule has 0 saturated heterocycles. The maximum Gasteiger partial charge on any atom is 0.0951 e. The van der Waals surface area contributed by atoms with Gasteiger partial charge in [-0.05, 0) is 18.2 Å². The Morgan fingerprint density at radius 1 is 0.810 bits per heavy atom. The van der Waals surface area contributed by atoms with Crippen LogP contribution in [0.4, 0.5) is 17.1 Å². The van der Waals surface area contributed by atoms with Gasteiger partial charge in [-0.2, -0.15) is 0 Å². The number of hydrogen-bond acceptors (Lipinski definition) is 3. The summed E-state index contributed by atoms with van der Waals surface area (Å²) in [6, 6.07) is 16.6. The standard InChI is InChI=1S/C18H11N3/c1-2-7-15-14(6-1)20-16-8-12-10-19-9-11-4-3-5-13(17(11)12)18(16)21-15/h1-10,20H. The van der Waals surface area contributed by atoms with Gasteiger partial charge in [0.1, 0.15) is 0 Å². The van der Waals surface area contributed by atoms with E-state index in [-0.39, 0.29) is 0 Å². The lowest BCUT2D eigenvalue weighted by Gasteiger charge is -2.17. The van der Waals surface area contributed by atoms with Gasteiger partial charge in [0.2, 0.25) is 0 Å². The molecular weight excluding hydrogens is 258 g/mol. The Kier molecular flexibility index (Phi) is 1.95. The number of para-hydroxylation sites is 2. The van der Waals surface area contributed by atoms with E-state index >= 15 is 0 Å². The fourth-order valence-electron chi connectivity index (χ4n) is 3.10. The number of benzene rings is 3. The van der Waals surface area contributed by atoms with Gasteiger partial charge in [-0.25, -0.2) is 4.99 Å². The molecule has 21 heavy (non-hydrogen) atoms. The Labute approximate surface area is 121 Å². The van der Waals surface area contributed by atoms with Gasteiger partial charge < -0.3 is 5.32 Å². The molecule has 0 atom stereocenters. The molecule has 0 bridgehead atoms. The maximum absolute atomic E-state index is 4.86. The first-order valence-electron chi connectivity index (χ1n) is 6.94. The average Bonchev–Trinajstić information content (AvgIpc) is 2.54. The predicted octanol–water partition coefficient (Wildman–Crippen LogP) is 4.12. The smallest absolute Gasteiger partial charge is 0.0951 e. The molecule has 98 valence electrons. The SMILES string of the molecule is c1ccc2c(c1)N=c1c(cc3cncc4cccc1c43)N2. The zero-order valence-corrected chi connectivity index (χ0v) is 11.2. The summed E-state index contributed by atoms with van der Waals surface area (Å²) in [5, 5.41) is 9.20. The lowest BCUT2D eigenvalue weighted by Crippen LogP contribution is -2.14. The molecule has 0 amide bonds. The molecule has 0 unspecified atom stereocenters. The predicted molar refractivity (Wildman–Crippen MR) is 85.4 cm³/mol. The van der Waals surface area contributed by atoms with Crippen LogP contribution in [-0.4, -0.2) is 4.98 Å². The van der Waals surface area contributed by atoms with E-state index < -0.39 is 0 Å². The van der Waals surface area contributed by atoms with Crippen molar-refractivity contribution in [2.75, 3.05) is 5.32 Å². The van der Waals surface area contributed by atoms with Crippen LogP contribution in [0.3, 0.4) is 0 Å². The molecule has 4 aromatic rings. The van der Waals surface area contributed by atoms with E-state index in [4.69, 9.17) is 4.99 Å². The van der Waals surface area contributed by atoms with E-state index in [1.165, 1.54) is 10.8 Å². The molecule has 0 radical (unpaired) electrons. The molecule has 0 saturated carbocycles. The Hall–Kier alpha value is -2.94. The first-order valence-corrected chi connectivity index (χ1v) is 6.94. The zero-order valence-electron chi connectivity index (χ0n) is 11.2. The highest BCUT2D eigenvalue weighted by Crippen LogP contribution is 2.33. The van der Waals surface area contributed by atoms with Crippen molar-refractivity contribution in [1.82, 2.24) is 4.98 Å². The summed E-state index contributed by atoms with van der Waals surface area (Å²) < 4.78 is 0. The van der Waals surface area contributed by atoms with Crippen LogP contribution in [0.5, 0.6) is 0 Å². The van der Waals surface area contributed by atoms with Crippen molar-refractivity contribution in [2.24, 2.45) is 4.99 Å². The van der Waals surface area contributed by atoms with Gasteiger partial charge in [-0.3, -0.25) is 4.98 Å². The van der Waals surface area contributed by atoms with Crippen molar-refractivity contribution in [3.8, 4) is 0 Å². The third-order valence-corrected chi connectivity index (χ3v) is 4.03. The van der Waals surface area contributed by atoms with Crippen molar-refractivity contribution in [2.45, 2.75) is 0 Å². The molecule has 3 heteroatoms. The van der Waals surface area contributed by atoms with Gasteiger partial charge >= 0.3 is 0 Å². The maximum atomic E-state index is 4.86. The Morgan fingerprint density at radius 3 is 2.71 bits per heavy atom. The lowest BCUT2D eigenvalue weighted by molar-refractivity contribution is 1.31. The van der Waals surface area contributed by atoms with E-state index in [0.717, 1.165) is 33.2 Å². The monoisotopic (exact) mass is 269 g/mol. The van der Waals surface area contributed by atoms with Crippen LogP contribution in [0.1, 0.15) is 0 Å². The van der Waals surface area contributed by atoms with Gasteiger partial charge in [0.05, 0.1) is 22.4 Å². The summed E-state index contributed by atoms with van der Waals surface area (Å²) in [7, 11) is 0. The van der Waals surface area contributed by atoms with Crippen LogP contribution in [0, 0.1) is 0 Å². The second-order valence-corrected chi connectivity index (χ2v) is 5.29. The van der Waals surface area contributed by atoms with Crippen molar-refractivity contribution < 1.29 is 0 Å². The number of hydrogen-bond donors (Lipinski definition) is 1. The highest BCUT2D eigenvalue weighted by Gasteiger charge is 2.14. The van der Waals surface area contributed by atoms with E-state index in [1.54, 1.807) is 0 Å².